The maximum Gasteiger partial charge on any atom is 0.103 e. The van der Waals surface area contributed by atoms with Gasteiger partial charge in [-0.05, 0) is 19.1 Å². The van der Waals surface area contributed by atoms with E-state index >= 15 is 0 Å². The third-order valence-electron chi connectivity index (χ3n) is 1.87. The Bertz CT molecular complexity index is 493. The van der Waals surface area contributed by atoms with Gasteiger partial charge in [-0.1, -0.05) is 0 Å². The minimum Gasteiger partial charge on any atom is -0.341 e. The maximum absolute atomic E-state index is 8.71. The second kappa shape index (κ2) is 3.30. The highest BCUT2D eigenvalue weighted by molar-refractivity contribution is 5.55. The van der Waals surface area contributed by atoms with Gasteiger partial charge < -0.3 is 4.98 Å². The number of nitriles is 1. The SMILES string of the molecule is Cc1ncc(-c2cc(C#N)ccn2)[nH]1. The Labute approximate surface area is 81.3 Å². The van der Waals surface area contributed by atoms with Crippen LogP contribution in [0, 0.1) is 18.3 Å². The van der Waals surface area contributed by atoms with E-state index in [2.05, 4.69) is 21.0 Å². The number of rotatable bonds is 1. The first kappa shape index (κ1) is 8.45. The molecule has 0 aliphatic rings. The second-order valence-corrected chi connectivity index (χ2v) is 2.92. The van der Waals surface area contributed by atoms with E-state index in [0.717, 1.165) is 17.2 Å². The molecule has 0 aliphatic carbocycles. The van der Waals surface area contributed by atoms with Crippen molar-refractivity contribution in [2.45, 2.75) is 6.92 Å². The van der Waals surface area contributed by atoms with Gasteiger partial charge in [-0.2, -0.15) is 5.26 Å². The molecule has 0 spiro atoms. The van der Waals surface area contributed by atoms with Crippen molar-refractivity contribution in [1.82, 2.24) is 15.0 Å². The number of hydrogen-bond acceptors (Lipinski definition) is 3. The number of aryl methyl sites for hydroxylation is 1. The fraction of sp³-hybridized carbons (Fsp3) is 0.100. The van der Waals surface area contributed by atoms with E-state index in [9.17, 15) is 0 Å². The summed E-state index contributed by atoms with van der Waals surface area (Å²) in [5, 5.41) is 8.71. The van der Waals surface area contributed by atoms with Crippen molar-refractivity contribution in [1.29, 1.82) is 5.26 Å². The van der Waals surface area contributed by atoms with E-state index in [1.807, 2.05) is 6.92 Å². The van der Waals surface area contributed by atoms with E-state index in [4.69, 9.17) is 5.26 Å². The van der Waals surface area contributed by atoms with Crippen molar-refractivity contribution in [3.63, 3.8) is 0 Å². The quantitative estimate of drug-likeness (QED) is 0.732. The van der Waals surface area contributed by atoms with Crippen LogP contribution in [0.4, 0.5) is 0 Å². The van der Waals surface area contributed by atoms with Crippen LogP contribution in [0.15, 0.2) is 24.5 Å². The van der Waals surface area contributed by atoms with E-state index in [-0.39, 0.29) is 0 Å². The van der Waals surface area contributed by atoms with Crippen molar-refractivity contribution in [2.24, 2.45) is 0 Å². The molecule has 0 bridgehead atoms. The highest BCUT2D eigenvalue weighted by Crippen LogP contribution is 2.14. The Morgan fingerprint density at radius 3 is 2.93 bits per heavy atom. The molecule has 0 atom stereocenters. The van der Waals surface area contributed by atoms with Gasteiger partial charge in [0.15, 0.2) is 0 Å². The first-order chi connectivity index (χ1) is 6.79. The zero-order valence-corrected chi connectivity index (χ0v) is 7.65. The van der Waals surface area contributed by atoms with Crippen LogP contribution < -0.4 is 0 Å². The molecule has 0 unspecified atom stereocenters. The summed E-state index contributed by atoms with van der Waals surface area (Å²) in [6.45, 7) is 1.87. The van der Waals surface area contributed by atoms with Gasteiger partial charge in [-0.15, -0.1) is 0 Å². The van der Waals surface area contributed by atoms with Gasteiger partial charge >= 0.3 is 0 Å². The van der Waals surface area contributed by atoms with Crippen LogP contribution in [0.2, 0.25) is 0 Å². The van der Waals surface area contributed by atoms with Gasteiger partial charge in [0.2, 0.25) is 0 Å². The minimum atomic E-state index is 0.599. The zero-order valence-electron chi connectivity index (χ0n) is 7.65. The van der Waals surface area contributed by atoms with Gasteiger partial charge in [-0.25, -0.2) is 4.98 Å². The number of imidazole rings is 1. The standard InChI is InChI=1S/C10H8N4/c1-7-13-6-10(14-7)9-4-8(5-11)2-3-12-9/h2-4,6H,1H3,(H,13,14). The number of aromatic amines is 1. The van der Waals surface area contributed by atoms with Crippen molar-refractivity contribution < 1.29 is 0 Å². The molecule has 0 saturated heterocycles. The lowest BCUT2D eigenvalue weighted by atomic mass is 10.2. The molecule has 4 nitrogen and oxygen atoms in total. The van der Waals surface area contributed by atoms with Crippen molar-refractivity contribution >= 4 is 0 Å². The predicted octanol–water partition coefficient (Wildman–Crippen LogP) is 1.65. The summed E-state index contributed by atoms with van der Waals surface area (Å²) in [5.74, 6) is 0.837. The maximum atomic E-state index is 8.71. The lowest BCUT2D eigenvalue weighted by Crippen LogP contribution is -1.84. The largest absolute Gasteiger partial charge is 0.341 e. The topological polar surface area (TPSA) is 65.4 Å². The Balaban J connectivity index is 2.47. The van der Waals surface area contributed by atoms with Crippen molar-refractivity contribution in [3.8, 4) is 17.5 Å². The van der Waals surface area contributed by atoms with Gasteiger partial charge in [0, 0.05) is 6.20 Å². The van der Waals surface area contributed by atoms with Crippen LogP contribution in [-0.4, -0.2) is 15.0 Å². The summed E-state index contributed by atoms with van der Waals surface area (Å²) in [7, 11) is 0. The summed E-state index contributed by atoms with van der Waals surface area (Å²) in [6, 6.07) is 5.47. The summed E-state index contributed by atoms with van der Waals surface area (Å²) in [5.41, 5.74) is 2.17. The molecule has 2 heterocycles. The number of H-pyrrole nitrogens is 1. The Morgan fingerprint density at radius 2 is 2.29 bits per heavy atom. The van der Waals surface area contributed by atoms with Crippen LogP contribution in [0.25, 0.3) is 11.4 Å². The molecular formula is C10H8N4. The smallest absolute Gasteiger partial charge is 0.103 e. The number of hydrogen-bond donors (Lipinski definition) is 1. The van der Waals surface area contributed by atoms with E-state index in [1.165, 1.54) is 0 Å². The second-order valence-electron chi connectivity index (χ2n) is 2.92. The van der Waals surface area contributed by atoms with Gasteiger partial charge in [0.05, 0.1) is 29.2 Å². The average Bonchev–Trinajstić information content (AvgIpc) is 2.65. The molecule has 2 aromatic heterocycles. The van der Waals surface area contributed by atoms with Crippen LogP contribution in [0.1, 0.15) is 11.4 Å². The third kappa shape index (κ3) is 1.48. The van der Waals surface area contributed by atoms with Crippen molar-refractivity contribution in [2.75, 3.05) is 0 Å². The number of pyridine rings is 1. The molecule has 0 amide bonds. The number of nitrogens with zero attached hydrogens (tertiary/aromatic N) is 3. The Morgan fingerprint density at radius 1 is 1.43 bits per heavy atom. The molecule has 1 N–H and O–H groups in total. The normalized spacial score (nSPS) is 9.71. The molecule has 4 heteroatoms. The zero-order chi connectivity index (χ0) is 9.97. The van der Waals surface area contributed by atoms with Gasteiger partial charge in [0.1, 0.15) is 5.82 Å². The van der Waals surface area contributed by atoms with E-state index < -0.39 is 0 Å². The molecule has 68 valence electrons. The lowest BCUT2D eigenvalue weighted by molar-refractivity contribution is 1.15. The number of nitrogens with one attached hydrogen (secondary N) is 1. The van der Waals surface area contributed by atoms with E-state index in [0.29, 0.717) is 5.56 Å². The minimum absolute atomic E-state index is 0.599. The molecule has 0 aliphatic heterocycles. The van der Waals surface area contributed by atoms with E-state index in [1.54, 1.807) is 24.5 Å². The van der Waals surface area contributed by atoms with Crippen LogP contribution >= 0.6 is 0 Å². The van der Waals surface area contributed by atoms with Crippen molar-refractivity contribution in [3.05, 3.63) is 35.9 Å². The van der Waals surface area contributed by atoms with Gasteiger partial charge in [-0.3, -0.25) is 4.98 Å². The van der Waals surface area contributed by atoms with Crippen LogP contribution in [0.5, 0.6) is 0 Å². The molecule has 2 aromatic rings. The summed E-state index contributed by atoms with van der Waals surface area (Å²) in [4.78, 5) is 11.3. The fourth-order valence-corrected chi connectivity index (χ4v) is 1.20. The Hall–Kier alpha value is -2.15. The highest BCUT2D eigenvalue weighted by Gasteiger charge is 2.02. The molecule has 0 aromatic carbocycles. The van der Waals surface area contributed by atoms with Crippen LogP contribution in [0.3, 0.4) is 0 Å². The predicted molar refractivity (Wildman–Crippen MR) is 51.3 cm³/mol. The summed E-state index contributed by atoms with van der Waals surface area (Å²) >= 11 is 0. The Kier molecular flexibility index (Phi) is 1.99. The average molecular weight is 184 g/mol. The first-order valence-electron chi connectivity index (χ1n) is 4.18. The molecular weight excluding hydrogens is 176 g/mol. The monoisotopic (exact) mass is 184 g/mol. The third-order valence-corrected chi connectivity index (χ3v) is 1.87. The molecule has 0 saturated carbocycles. The fourth-order valence-electron chi connectivity index (χ4n) is 1.20. The summed E-state index contributed by atoms with van der Waals surface area (Å²) < 4.78 is 0. The molecule has 0 radical (unpaired) electrons. The van der Waals surface area contributed by atoms with Crippen LogP contribution in [-0.2, 0) is 0 Å². The highest BCUT2D eigenvalue weighted by atomic mass is 14.9. The molecule has 14 heavy (non-hydrogen) atoms. The molecule has 0 fully saturated rings. The number of aromatic nitrogens is 3. The van der Waals surface area contributed by atoms with Gasteiger partial charge in [0.25, 0.3) is 0 Å². The molecule has 2 rings (SSSR count). The summed E-state index contributed by atoms with van der Waals surface area (Å²) in [6.07, 6.45) is 3.32. The lowest BCUT2D eigenvalue weighted by Gasteiger charge is -1.95. The first-order valence-corrected chi connectivity index (χ1v) is 4.18.